The number of hydrogen-bond acceptors (Lipinski definition) is 3. The van der Waals surface area contributed by atoms with Gasteiger partial charge in [-0.25, -0.2) is 9.48 Å². The van der Waals surface area contributed by atoms with Crippen molar-refractivity contribution in [2.45, 2.75) is 32.4 Å². The van der Waals surface area contributed by atoms with Crippen LogP contribution in [0.5, 0.6) is 0 Å². The lowest BCUT2D eigenvalue weighted by atomic mass is 10.1. The second-order valence-electron chi connectivity index (χ2n) is 6.84. The summed E-state index contributed by atoms with van der Waals surface area (Å²) in [5.74, 6) is 0. The van der Waals surface area contributed by atoms with E-state index in [4.69, 9.17) is 9.84 Å². The van der Waals surface area contributed by atoms with E-state index in [0.29, 0.717) is 0 Å². The molecule has 132 valence electrons. The number of aromatic nitrogens is 4. The molecule has 1 aliphatic rings. The smallest absolute Gasteiger partial charge is 0.331 e. The summed E-state index contributed by atoms with van der Waals surface area (Å²) in [6.07, 6.45) is 3.18. The lowest BCUT2D eigenvalue weighted by molar-refractivity contribution is -0.0368. The summed E-state index contributed by atoms with van der Waals surface area (Å²) in [4.78, 5) is 15.4. The molecule has 4 aromatic rings. The molecular formula is C20H20N4O2. The highest BCUT2D eigenvalue weighted by Gasteiger charge is 2.20. The maximum atomic E-state index is 12.5. The fourth-order valence-electron chi connectivity index (χ4n) is 3.87. The van der Waals surface area contributed by atoms with E-state index in [2.05, 4.69) is 4.98 Å². The second-order valence-corrected chi connectivity index (χ2v) is 6.84. The number of H-pyrrole nitrogens is 1. The van der Waals surface area contributed by atoms with Gasteiger partial charge in [0.15, 0.2) is 6.23 Å². The van der Waals surface area contributed by atoms with Gasteiger partial charge in [0.1, 0.15) is 0 Å². The van der Waals surface area contributed by atoms with Crippen LogP contribution in [0, 0.1) is 6.92 Å². The molecule has 3 heterocycles. The Morgan fingerprint density at radius 3 is 2.88 bits per heavy atom. The molecule has 1 N–H and O–H groups in total. The van der Waals surface area contributed by atoms with Crippen LogP contribution in [0.4, 0.5) is 0 Å². The summed E-state index contributed by atoms with van der Waals surface area (Å²) in [7, 11) is 0. The highest BCUT2D eigenvalue weighted by atomic mass is 16.5. The molecule has 2 aromatic carbocycles. The molecule has 0 radical (unpaired) electrons. The van der Waals surface area contributed by atoms with Gasteiger partial charge >= 0.3 is 5.69 Å². The van der Waals surface area contributed by atoms with Crippen molar-refractivity contribution in [1.82, 2.24) is 19.3 Å². The van der Waals surface area contributed by atoms with Crippen molar-refractivity contribution in [1.29, 1.82) is 0 Å². The Bertz CT molecular complexity index is 1160. The van der Waals surface area contributed by atoms with Crippen LogP contribution in [-0.4, -0.2) is 25.9 Å². The van der Waals surface area contributed by atoms with E-state index in [1.807, 2.05) is 54.1 Å². The van der Waals surface area contributed by atoms with Crippen LogP contribution < -0.4 is 5.69 Å². The fourth-order valence-corrected chi connectivity index (χ4v) is 3.87. The minimum Gasteiger partial charge on any atom is -0.356 e. The number of aryl methyl sites for hydroxylation is 1. The number of rotatable bonds is 2. The van der Waals surface area contributed by atoms with E-state index in [0.717, 1.165) is 59.2 Å². The average Bonchev–Trinajstić information content (AvgIpc) is 3.18. The van der Waals surface area contributed by atoms with Crippen LogP contribution in [0.25, 0.3) is 27.6 Å². The normalized spacial score (nSPS) is 18.0. The quantitative estimate of drug-likeness (QED) is 0.601. The van der Waals surface area contributed by atoms with E-state index >= 15 is 0 Å². The van der Waals surface area contributed by atoms with Gasteiger partial charge in [-0.05, 0) is 56.5 Å². The summed E-state index contributed by atoms with van der Waals surface area (Å²) in [5.41, 5.74) is 4.38. The van der Waals surface area contributed by atoms with Crippen molar-refractivity contribution in [3.05, 3.63) is 58.6 Å². The van der Waals surface area contributed by atoms with Crippen molar-refractivity contribution in [2.24, 2.45) is 0 Å². The minimum atomic E-state index is -0.137. The van der Waals surface area contributed by atoms with Crippen molar-refractivity contribution in [2.75, 3.05) is 6.61 Å². The van der Waals surface area contributed by atoms with Crippen molar-refractivity contribution < 1.29 is 4.74 Å². The number of ether oxygens (including phenoxy) is 1. The first-order chi connectivity index (χ1) is 12.7. The number of benzene rings is 2. The van der Waals surface area contributed by atoms with Crippen LogP contribution in [0.2, 0.25) is 0 Å². The highest BCUT2D eigenvalue weighted by molar-refractivity contribution is 5.85. The first-order valence-corrected chi connectivity index (χ1v) is 9.03. The van der Waals surface area contributed by atoms with Crippen molar-refractivity contribution in [3.63, 3.8) is 0 Å². The number of hydrogen-bond donors (Lipinski definition) is 1. The number of para-hydroxylation sites is 2. The monoisotopic (exact) mass is 348 g/mol. The molecule has 6 heteroatoms. The Morgan fingerprint density at radius 2 is 2.04 bits per heavy atom. The zero-order valence-corrected chi connectivity index (χ0v) is 14.6. The first kappa shape index (κ1) is 15.4. The molecule has 1 atom stereocenters. The lowest BCUT2D eigenvalue weighted by Gasteiger charge is -2.23. The van der Waals surface area contributed by atoms with Crippen LogP contribution in [0.15, 0.2) is 47.3 Å². The van der Waals surface area contributed by atoms with Gasteiger partial charge in [-0.2, -0.15) is 5.10 Å². The summed E-state index contributed by atoms with van der Waals surface area (Å²) < 4.78 is 9.63. The predicted octanol–water partition coefficient (Wildman–Crippen LogP) is 3.68. The Labute approximate surface area is 150 Å². The van der Waals surface area contributed by atoms with E-state index in [-0.39, 0.29) is 11.9 Å². The van der Waals surface area contributed by atoms with E-state index in [1.54, 1.807) is 4.57 Å². The summed E-state index contributed by atoms with van der Waals surface area (Å²) in [6.45, 7) is 2.78. The van der Waals surface area contributed by atoms with Gasteiger partial charge < -0.3 is 9.72 Å². The molecule has 1 unspecified atom stereocenters. The van der Waals surface area contributed by atoms with Crippen LogP contribution in [-0.2, 0) is 4.74 Å². The summed E-state index contributed by atoms with van der Waals surface area (Å²) in [6, 6.07) is 13.8. The van der Waals surface area contributed by atoms with Gasteiger partial charge in [0.05, 0.1) is 27.9 Å². The molecule has 1 aliphatic heterocycles. The Kier molecular flexibility index (Phi) is 3.46. The molecule has 1 fully saturated rings. The van der Waals surface area contributed by atoms with Gasteiger partial charge in [0.2, 0.25) is 0 Å². The number of imidazole rings is 1. The molecule has 26 heavy (non-hydrogen) atoms. The molecule has 0 bridgehead atoms. The zero-order valence-electron chi connectivity index (χ0n) is 14.6. The summed E-state index contributed by atoms with van der Waals surface area (Å²) >= 11 is 0. The third kappa shape index (κ3) is 2.29. The van der Waals surface area contributed by atoms with Crippen molar-refractivity contribution in [3.8, 4) is 5.69 Å². The molecule has 0 aliphatic carbocycles. The van der Waals surface area contributed by atoms with Gasteiger partial charge in [-0.1, -0.05) is 12.1 Å². The van der Waals surface area contributed by atoms with Gasteiger partial charge in [-0.3, -0.25) is 4.57 Å². The predicted molar refractivity (Wildman–Crippen MR) is 101 cm³/mol. The average molecular weight is 348 g/mol. The number of nitrogens with one attached hydrogen (secondary N) is 1. The summed E-state index contributed by atoms with van der Waals surface area (Å²) in [5, 5.41) is 5.81. The Hall–Kier alpha value is -2.86. The molecule has 0 saturated carbocycles. The third-order valence-electron chi connectivity index (χ3n) is 5.15. The Morgan fingerprint density at radius 1 is 1.15 bits per heavy atom. The molecule has 6 nitrogen and oxygen atoms in total. The van der Waals surface area contributed by atoms with Crippen LogP contribution >= 0.6 is 0 Å². The van der Waals surface area contributed by atoms with Crippen molar-refractivity contribution >= 4 is 21.9 Å². The largest absolute Gasteiger partial charge is 0.356 e. The van der Waals surface area contributed by atoms with Gasteiger partial charge in [-0.15, -0.1) is 0 Å². The van der Waals surface area contributed by atoms with Crippen LogP contribution in [0.3, 0.4) is 0 Å². The molecule has 2 aromatic heterocycles. The number of nitrogens with zero attached hydrogens (tertiary/aromatic N) is 3. The van der Waals surface area contributed by atoms with E-state index in [9.17, 15) is 4.79 Å². The third-order valence-corrected chi connectivity index (χ3v) is 5.15. The van der Waals surface area contributed by atoms with Crippen LogP contribution in [0.1, 0.15) is 31.2 Å². The molecule has 0 amide bonds. The maximum Gasteiger partial charge on any atom is 0.331 e. The number of aromatic amines is 1. The van der Waals surface area contributed by atoms with E-state index < -0.39 is 0 Å². The number of fused-ring (bicyclic) bond motifs is 2. The standard InChI is InChI=1S/C20H20N4O2/c1-13-15-10-9-14(23-17-7-3-2-6-16(17)21-20(23)25)12-18(15)24(22-13)19-8-4-5-11-26-19/h2-3,6-7,9-10,12,19H,4-5,8,11H2,1H3,(H,21,25). The molecule has 5 rings (SSSR count). The molecule has 0 spiro atoms. The molecular weight excluding hydrogens is 328 g/mol. The fraction of sp³-hybridized carbons (Fsp3) is 0.300. The first-order valence-electron chi connectivity index (χ1n) is 9.03. The highest BCUT2D eigenvalue weighted by Crippen LogP contribution is 2.29. The lowest BCUT2D eigenvalue weighted by Crippen LogP contribution is -2.19. The topological polar surface area (TPSA) is 64.8 Å². The maximum absolute atomic E-state index is 12.5. The Balaban J connectivity index is 1.72. The van der Waals surface area contributed by atoms with Gasteiger partial charge in [0.25, 0.3) is 0 Å². The second kappa shape index (κ2) is 5.85. The molecule has 1 saturated heterocycles. The van der Waals surface area contributed by atoms with E-state index in [1.165, 1.54) is 0 Å². The minimum absolute atomic E-state index is 0.0325. The SMILES string of the molecule is Cc1nn(C2CCCCO2)c2cc(-n3c(=O)[nH]c4ccccc43)ccc12. The van der Waals surface area contributed by atoms with Gasteiger partial charge in [0, 0.05) is 12.0 Å². The zero-order chi connectivity index (χ0) is 17.7.